The van der Waals surface area contributed by atoms with Crippen LogP contribution < -0.4 is 5.19 Å². The second kappa shape index (κ2) is 7.49. The molecule has 17 heavy (non-hydrogen) atoms. The Kier molecular flexibility index (Phi) is 6.28. The van der Waals surface area contributed by atoms with Crippen LogP contribution in [0.15, 0.2) is 18.2 Å². The number of rotatable bonds is 7. The fraction of sp³-hybridized carbons (Fsp3) is 0.455. The van der Waals surface area contributed by atoms with Crippen LogP contribution in [0.4, 0.5) is 8.78 Å². The van der Waals surface area contributed by atoms with Crippen molar-refractivity contribution in [3.63, 3.8) is 0 Å². The molecule has 1 rings (SSSR count). The number of hydrogen-bond acceptors (Lipinski definition) is 3. The lowest BCUT2D eigenvalue weighted by atomic mass is 10.3. The molecule has 0 unspecified atom stereocenters. The summed E-state index contributed by atoms with van der Waals surface area (Å²) in [6.45, 7) is 3.88. The standard InChI is InChI=1S/C11H16F2O3Si/c1-3-14-11(15-4-2)16-17-8-5-6-9(12)10(13)7-8/h5-7,11H,3-4,17H2,1-2H3. The summed E-state index contributed by atoms with van der Waals surface area (Å²) in [4.78, 5) is 0. The van der Waals surface area contributed by atoms with E-state index in [1.54, 1.807) is 0 Å². The smallest absolute Gasteiger partial charge is 0.261 e. The quantitative estimate of drug-likeness (QED) is 0.543. The average Bonchev–Trinajstić information content (AvgIpc) is 2.31. The normalized spacial score (nSPS) is 11.8. The van der Waals surface area contributed by atoms with Crippen LogP contribution in [0.3, 0.4) is 0 Å². The molecule has 1 aromatic rings. The fourth-order valence-electron chi connectivity index (χ4n) is 1.21. The summed E-state index contributed by atoms with van der Waals surface area (Å²) in [5.41, 5.74) is 0. The summed E-state index contributed by atoms with van der Waals surface area (Å²) in [6, 6.07) is 3.76. The first kappa shape index (κ1) is 14.2. The molecule has 0 bridgehead atoms. The molecule has 0 aliphatic rings. The minimum atomic E-state index is -1.19. The van der Waals surface area contributed by atoms with Crippen molar-refractivity contribution in [2.45, 2.75) is 20.3 Å². The predicted octanol–water partition coefficient (Wildman–Crippen LogP) is 1.05. The molecule has 0 spiro atoms. The van der Waals surface area contributed by atoms with Crippen LogP contribution >= 0.6 is 0 Å². The van der Waals surface area contributed by atoms with Crippen molar-refractivity contribution in [2.24, 2.45) is 0 Å². The largest absolute Gasteiger partial charge is 0.373 e. The predicted molar refractivity (Wildman–Crippen MR) is 62.7 cm³/mol. The van der Waals surface area contributed by atoms with Gasteiger partial charge in [-0.15, -0.1) is 0 Å². The van der Waals surface area contributed by atoms with E-state index in [4.69, 9.17) is 13.9 Å². The Labute approximate surface area is 102 Å². The zero-order valence-corrected chi connectivity index (χ0v) is 11.3. The molecule has 0 saturated heterocycles. The van der Waals surface area contributed by atoms with Crippen molar-refractivity contribution < 1.29 is 22.7 Å². The van der Waals surface area contributed by atoms with Gasteiger partial charge in [-0.2, -0.15) is 0 Å². The van der Waals surface area contributed by atoms with E-state index in [1.165, 1.54) is 6.07 Å². The molecule has 3 nitrogen and oxygen atoms in total. The number of halogens is 2. The third kappa shape index (κ3) is 4.91. The van der Waals surface area contributed by atoms with E-state index in [2.05, 4.69) is 0 Å². The topological polar surface area (TPSA) is 27.7 Å². The van der Waals surface area contributed by atoms with E-state index in [0.29, 0.717) is 18.4 Å². The summed E-state index contributed by atoms with van der Waals surface area (Å²) < 4.78 is 41.4. The van der Waals surface area contributed by atoms with Gasteiger partial charge in [0.1, 0.15) is 0 Å². The van der Waals surface area contributed by atoms with Gasteiger partial charge in [0.25, 0.3) is 6.48 Å². The molecule has 0 N–H and O–H groups in total. The molecule has 0 radical (unpaired) electrons. The third-order valence-corrected chi connectivity index (χ3v) is 3.19. The molecular formula is C11H16F2O3Si. The van der Waals surface area contributed by atoms with Crippen LogP contribution in [0.1, 0.15) is 13.8 Å². The lowest BCUT2D eigenvalue weighted by molar-refractivity contribution is -0.242. The van der Waals surface area contributed by atoms with E-state index in [-0.39, 0.29) is 0 Å². The molecule has 1 aromatic carbocycles. The molecule has 0 aromatic heterocycles. The van der Waals surface area contributed by atoms with Crippen molar-refractivity contribution in [3.05, 3.63) is 29.8 Å². The van der Waals surface area contributed by atoms with Crippen molar-refractivity contribution >= 4 is 14.9 Å². The van der Waals surface area contributed by atoms with Gasteiger partial charge in [-0.05, 0) is 31.2 Å². The monoisotopic (exact) mass is 262 g/mol. The van der Waals surface area contributed by atoms with Crippen LogP contribution in [0.5, 0.6) is 0 Å². The molecule has 0 fully saturated rings. The van der Waals surface area contributed by atoms with Crippen LogP contribution in [0.2, 0.25) is 0 Å². The highest BCUT2D eigenvalue weighted by Crippen LogP contribution is 2.02. The van der Waals surface area contributed by atoms with E-state index in [1.807, 2.05) is 13.8 Å². The molecule has 0 saturated carbocycles. The Morgan fingerprint density at radius 2 is 1.76 bits per heavy atom. The van der Waals surface area contributed by atoms with E-state index in [9.17, 15) is 8.78 Å². The van der Waals surface area contributed by atoms with Crippen LogP contribution in [0, 0.1) is 11.6 Å². The SMILES string of the molecule is CCOC(OCC)O[SiH2]c1ccc(F)c(F)c1. The first-order chi connectivity index (χ1) is 8.17. The third-order valence-electron chi connectivity index (χ3n) is 1.98. The van der Waals surface area contributed by atoms with Crippen molar-refractivity contribution in [1.82, 2.24) is 0 Å². The summed E-state index contributed by atoms with van der Waals surface area (Å²) in [5.74, 6) is -1.71. The first-order valence-electron chi connectivity index (χ1n) is 5.46. The molecule has 96 valence electrons. The Bertz CT molecular complexity index is 343. The second-order valence-electron chi connectivity index (χ2n) is 3.26. The van der Waals surface area contributed by atoms with Crippen LogP contribution in [-0.4, -0.2) is 29.5 Å². The highest BCUT2D eigenvalue weighted by atomic mass is 28.2. The van der Waals surface area contributed by atoms with Gasteiger partial charge in [-0.1, -0.05) is 6.07 Å². The highest BCUT2D eigenvalue weighted by Gasteiger charge is 2.09. The molecule has 0 amide bonds. The van der Waals surface area contributed by atoms with E-state index >= 15 is 0 Å². The summed E-state index contributed by atoms with van der Waals surface area (Å²) in [6.07, 6.45) is 0. The summed E-state index contributed by atoms with van der Waals surface area (Å²) in [7, 11) is -1.19. The Morgan fingerprint density at radius 3 is 2.29 bits per heavy atom. The maximum absolute atomic E-state index is 12.9. The van der Waals surface area contributed by atoms with Crippen molar-refractivity contribution in [3.8, 4) is 0 Å². The van der Waals surface area contributed by atoms with Gasteiger partial charge in [-0.25, -0.2) is 8.78 Å². The molecule has 6 heteroatoms. The van der Waals surface area contributed by atoms with Gasteiger partial charge < -0.3 is 13.9 Å². The maximum Gasteiger partial charge on any atom is 0.261 e. The first-order valence-corrected chi connectivity index (χ1v) is 6.74. The van der Waals surface area contributed by atoms with E-state index < -0.39 is 27.9 Å². The van der Waals surface area contributed by atoms with E-state index in [0.717, 1.165) is 12.1 Å². The Hall–Kier alpha value is -0.823. The van der Waals surface area contributed by atoms with Gasteiger partial charge in [-0.3, -0.25) is 0 Å². The minimum Gasteiger partial charge on any atom is -0.373 e. The minimum absolute atomic E-state index is 0.469. The number of ether oxygens (including phenoxy) is 2. The summed E-state index contributed by atoms with van der Waals surface area (Å²) in [5, 5.41) is 0.660. The van der Waals surface area contributed by atoms with Crippen LogP contribution in [-0.2, 0) is 13.9 Å². The number of benzene rings is 1. The van der Waals surface area contributed by atoms with Gasteiger partial charge in [0.15, 0.2) is 21.4 Å². The second-order valence-corrected chi connectivity index (χ2v) is 4.70. The zero-order valence-electron chi connectivity index (χ0n) is 9.91. The molecular weight excluding hydrogens is 246 g/mol. The van der Waals surface area contributed by atoms with Crippen molar-refractivity contribution in [1.29, 1.82) is 0 Å². The molecule has 0 heterocycles. The van der Waals surface area contributed by atoms with Gasteiger partial charge in [0, 0.05) is 13.2 Å². The molecule has 0 atom stereocenters. The Morgan fingerprint density at radius 1 is 1.12 bits per heavy atom. The lowest BCUT2D eigenvalue weighted by Crippen LogP contribution is -2.28. The highest BCUT2D eigenvalue weighted by molar-refractivity contribution is 6.46. The number of hydrogen-bond donors (Lipinski definition) is 0. The van der Waals surface area contributed by atoms with Crippen LogP contribution in [0.25, 0.3) is 0 Å². The molecule has 0 aliphatic heterocycles. The van der Waals surface area contributed by atoms with Gasteiger partial charge in [0.2, 0.25) is 0 Å². The lowest BCUT2D eigenvalue weighted by Gasteiger charge is -2.17. The fourth-order valence-corrected chi connectivity index (χ4v) is 2.21. The Balaban J connectivity index is 2.49. The van der Waals surface area contributed by atoms with Gasteiger partial charge in [0.05, 0.1) is 0 Å². The zero-order chi connectivity index (χ0) is 12.7. The molecule has 0 aliphatic carbocycles. The van der Waals surface area contributed by atoms with Crippen molar-refractivity contribution in [2.75, 3.05) is 13.2 Å². The van der Waals surface area contributed by atoms with Gasteiger partial charge >= 0.3 is 0 Å². The maximum atomic E-state index is 12.9. The summed E-state index contributed by atoms with van der Waals surface area (Å²) >= 11 is 0. The average molecular weight is 262 g/mol.